The molecule has 0 bridgehead atoms. The summed E-state index contributed by atoms with van der Waals surface area (Å²) in [5.74, 6) is 3.04. The second kappa shape index (κ2) is 17.5. The van der Waals surface area contributed by atoms with Crippen LogP contribution in [0.3, 0.4) is 0 Å². The first-order chi connectivity index (χ1) is 27.9. The number of benzene rings is 2. The Morgan fingerprint density at radius 3 is 1.62 bits per heavy atom. The number of amides is 4. The fourth-order valence-corrected chi connectivity index (χ4v) is 11.3. The van der Waals surface area contributed by atoms with Crippen LogP contribution < -0.4 is 10.6 Å². The van der Waals surface area contributed by atoms with Gasteiger partial charge in [0.25, 0.3) is 0 Å². The average Bonchev–Trinajstić information content (AvgIpc) is 4.09. The number of carbonyl (C=O) groups excluding carboxylic acids is 4. The van der Waals surface area contributed by atoms with Gasteiger partial charge in [-0.1, -0.05) is 76.2 Å². The second-order valence-electron chi connectivity index (χ2n) is 15.7. The number of thioether (sulfide) groups is 2. The van der Waals surface area contributed by atoms with E-state index >= 15 is 0 Å². The van der Waals surface area contributed by atoms with E-state index in [9.17, 15) is 19.2 Å². The van der Waals surface area contributed by atoms with Crippen LogP contribution in [0, 0.1) is 11.8 Å². The highest BCUT2D eigenvalue weighted by Crippen LogP contribution is 2.55. The molecule has 4 aromatic rings. The van der Waals surface area contributed by atoms with Crippen molar-refractivity contribution in [3.8, 4) is 33.6 Å². The highest BCUT2D eigenvalue weighted by Gasteiger charge is 2.51. The predicted molar refractivity (Wildman–Crippen MR) is 226 cm³/mol. The SMILES string of the molecule is COC(=O)NC(C(=O)N1CCC[C@H]1c1ncc(-c2ccc(-c3ccc(-c4cnc([C@@H]5CC6(CN5C(=O)[C@@H](NC(=O)OC)C(C)C)SCCS6)[nH]4)cc3)cc2)[nH]1)C(C)C. The van der Waals surface area contributed by atoms with Crippen molar-refractivity contribution in [2.75, 3.05) is 38.8 Å². The molecular formula is C42H52N8O6S2. The van der Waals surface area contributed by atoms with Crippen LogP contribution >= 0.6 is 23.5 Å². The van der Waals surface area contributed by atoms with E-state index in [1.807, 2.05) is 67.2 Å². The first-order valence-electron chi connectivity index (χ1n) is 19.8. The van der Waals surface area contributed by atoms with Crippen molar-refractivity contribution < 1.29 is 28.7 Å². The van der Waals surface area contributed by atoms with Crippen LogP contribution in [0.1, 0.15) is 70.7 Å². The molecule has 4 N–H and O–H groups in total. The quantitative estimate of drug-likeness (QED) is 0.123. The van der Waals surface area contributed by atoms with Crippen LogP contribution in [0.15, 0.2) is 60.9 Å². The van der Waals surface area contributed by atoms with Crippen LogP contribution in [0.5, 0.6) is 0 Å². The molecular weight excluding hydrogens is 777 g/mol. The molecule has 3 saturated heterocycles. The van der Waals surface area contributed by atoms with Gasteiger partial charge < -0.3 is 39.9 Å². The number of H-pyrrole nitrogens is 2. The fourth-order valence-electron chi connectivity index (χ4n) is 8.08. The van der Waals surface area contributed by atoms with Gasteiger partial charge in [-0.05, 0) is 46.9 Å². The number of hydrogen-bond acceptors (Lipinski definition) is 10. The molecule has 0 radical (unpaired) electrons. The summed E-state index contributed by atoms with van der Waals surface area (Å²) in [5, 5.41) is 5.46. The maximum absolute atomic E-state index is 14.0. The Balaban J connectivity index is 1.03. The number of carbonyl (C=O) groups is 4. The Hall–Kier alpha value is -4.96. The van der Waals surface area contributed by atoms with Crippen LogP contribution in [-0.2, 0) is 19.1 Å². The third kappa shape index (κ3) is 8.58. The minimum atomic E-state index is -0.712. The molecule has 3 fully saturated rings. The van der Waals surface area contributed by atoms with Crippen molar-refractivity contribution in [3.63, 3.8) is 0 Å². The molecule has 2 aromatic carbocycles. The normalized spacial score (nSPS) is 19.8. The van der Waals surface area contributed by atoms with E-state index in [0.717, 1.165) is 76.1 Å². The summed E-state index contributed by atoms with van der Waals surface area (Å²) >= 11 is 3.81. The van der Waals surface area contributed by atoms with Gasteiger partial charge in [-0.15, -0.1) is 23.5 Å². The van der Waals surface area contributed by atoms with Gasteiger partial charge in [-0.2, -0.15) is 0 Å². The highest BCUT2D eigenvalue weighted by molar-refractivity contribution is 8.21. The Morgan fingerprint density at radius 1 is 0.707 bits per heavy atom. The molecule has 5 heterocycles. The number of ether oxygens (including phenoxy) is 2. The van der Waals surface area contributed by atoms with E-state index in [2.05, 4.69) is 74.1 Å². The summed E-state index contributed by atoms with van der Waals surface area (Å²) in [4.78, 5) is 71.9. The summed E-state index contributed by atoms with van der Waals surface area (Å²) in [6.45, 7) is 8.82. The second-order valence-corrected chi connectivity index (χ2v) is 18.9. The van der Waals surface area contributed by atoms with E-state index in [4.69, 9.17) is 14.5 Å². The molecule has 58 heavy (non-hydrogen) atoms. The lowest BCUT2D eigenvalue weighted by Gasteiger charge is -2.30. The summed E-state index contributed by atoms with van der Waals surface area (Å²) in [6, 6.07) is 14.7. The van der Waals surface area contributed by atoms with Crippen molar-refractivity contribution in [3.05, 3.63) is 72.6 Å². The molecule has 16 heteroatoms. The largest absolute Gasteiger partial charge is 0.453 e. The van der Waals surface area contributed by atoms with E-state index in [-0.39, 0.29) is 39.8 Å². The molecule has 4 amide bonds. The zero-order valence-corrected chi connectivity index (χ0v) is 35.4. The average molecular weight is 829 g/mol. The van der Waals surface area contributed by atoms with E-state index in [1.54, 1.807) is 6.20 Å². The third-order valence-corrected chi connectivity index (χ3v) is 14.7. The molecule has 1 spiro atoms. The minimum absolute atomic E-state index is 0.0997. The topological polar surface area (TPSA) is 175 Å². The molecule has 0 saturated carbocycles. The molecule has 14 nitrogen and oxygen atoms in total. The standard InChI is InChI=1S/C42H52N8O6S2/c1-24(2)34(47-40(53)55-5)38(51)49-17-7-8-32(49)36-43-21-30(45-36)28-13-9-26(10-14-28)27-11-15-29(16-12-27)31-22-44-37(46-31)33-20-42(57-18-19-58-42)23-50(33)39(52)35(25(3)4)48-41(54)56-6/h9-16,21-22,24-25,32-35H,7-8,17-20,23H2,1-6H3,(H,43,45)(H,44,46)(H,47,53)(H,48,54)/t32-,33-,34?,35-/m0/s1. The lowest BCUT2D eigenvalue weighted by Crippen LogP contribution is -2.51. The summed E-state index contributed by atoms with van der Waals surface area (Å²) in [6.07, 6.45) is 4.79. The van der Waals surface area contributed by atoms with Crippen molar-refractivity contribution in [2.45, 2.75) is 75.2 Å². The van der Waals surface area contributed by atoms with Crippen LogP contribution in [0.25, 0.3) is 33.6 Å². The van der Waals surface area contributed by atoms with Gasteiger partial charge in [0, 0.05) is 31.0 Å². The number of likely N-dealkylation sites (tertiary alicyclic amines) is 2. The number of alkyl carbamates (subject to hydrolysis) is 2. The lowest BCUT2D eigenvalue weighted by atomic mass is 10.0. The zero-order chi connectivity index (χ0) is 41.1. The van der Waals surface area contributed by atoms with Crippen LogP contribution in [0.4, 0.5) is 9.59 Å². The molecule has 1 unspecified atom stereocenters. The monoisotopic (exact) mass is 828 g/mol. The fraction of sp³-hybridized carbons (Fsp3) is 0.476. The maximum atomic E-state index is 14.0. The Labute approximate surface area is 347 Å². The molecule has 0 aliphatic carbocycles. The highest BCUT2D eigenvalue weighted by atomic mass is 32.2. The van der Waals surface area contributed by atoms with Gasteiger partial charge in [0.05, 0.1) is 54.2 Å². The van der Waals surface area contributed by atoms with E-state index in [0.29, 0.717) is 13.1 Å². The van der Waals surface area contributed by atoms with Gasteiger partial charge in [0.2, 0.25) is 11.8 Å². The maximum Gasteiger partial charge on any atom is 0.407 e. The smallest absolute Gasteiger partial charge is 0.407 e. The van der Waals surface area contributed by atoms with Crippen molar-refractivity contribution in [2.24, 2.45) is 11.8 Å². The van der Waals surface area contributed by atoms with Gasteiger partial charge in [-0.25, -0.2) is 19.6 Å². The van der Waals surface area contributed by atoms with Crippen LogP contribution in [-0.4, -0.2) is 109 Å². The zero-order valence-electron chi connectivity index (χ0n) is 33.7. The van der Waals surface area contributed by atoms with Crippen molar-refractivity contribution >= 4 is 47.5 Å². The van der Waals surface area contributed by atoms with Gasteiger partial charge in [0.15, 0.2) is 0 Å². The van der Waals surface area contributed by atoms with Crippen molar-refractivity contribution in [1.29, 1.82) is 0 Å². The van der Waals surface area contributed by atoms with E-state index < -0.39 is 24.3 Å². The number of rotatable bonds is 11. The Kier molecular flexibility index (Phi) is 12.4. The van der Waals surface area contributed by atoms with Gasteiger partial charge in [-0.3, -0.25) is 9.59 Å². The minimum Gasteiger partial charge on any atom is -0.453 e. The Bertz CT molecular complexity index is 2100. The number of aromatic nitrogens is 4. The Morgan fingerprint density at radius 2 is 1.16 bits per heavy atom. The number of nitrogens with one attached hydrogen (secondary N) is 4. The molecule has 2 aromatic heterocycles. The van der Waals surface area contributed by atoms with Crippen molar-refractivity contribution in [1.82, 2.24) is 40.4 Å². The van der Waals surface area contributed by atoms with E-state index in [1.165, 1.54) is 14.2 Å². The van der Waals surface area contributed by atoms with Gasteiger partial charge in [0.1, 0.15) is 23.7 Å². The molecule has 3 aliphatic rings. The lowest BCUT2D eigenvalue weighted by molar-refractivity contribution is -0.136. The van der Waals surface area contributed by atoms with Gasteiger partial charge >= 0.3 is 12.2 Å². The summed E-state index contributed by atoms with van der Waals surface area (Å²) in [7, 11) is 2.59. The number of nitrogens with zero attached hydrogens (tertiary/aromatic N) is 4. The first kappa shape index (κ1) is 41.2. The molecule has 7 rings (SSSR count). The number of hydrogen-bond donors (Lipinski definition) is 4. The molecule has 308 valence electrons. The summed E-state index contributed by atoms with van der Waals surface area (Å²) in [5.41, 5.74) is 5.79. The number of imidazole rings is 2. The van der Waals surface area contributed by atoms with Crippen LogP contribution in [0.2, 0.25) is 0 Å². The number of aromatic amines is 2. The summed E-state index contributed by atoms with van der Waals surface area (Å²) < 4.78 is 9.50. The molecule has 3 aliphatic heterocycles. The molecule has 4 atom stereocenters. The first-order valence-corrected chi connectivity index (χ1v) is 21.8. The predicted octanol–water partition coefficient (Wildman–Crippen LogP) is 7.01. The number of methoxy groups -OCH3 is 2. The third-order valence-electron chi connectivity index (χ3n) is 11.3.